The number of carbonyl (C=O) groups excluding carboxylic acids is 1. The van der Waals surface area contributed by atoms with E-state index < -0.39 is 23.7 Å². The number of halogens is 4. The van der Waals surface area contributed by atoms with E-state index in [0.29, 0.717) is 0 Å². The molecule has 146 valence electrons. The van der Waals surface area contributed by atoms with Crippen molar-refractivity contribution in [3.63, 3.8) is 0 Å². The number of rotatable bonds is 2. The molecule has 1 aromatic carbocycles. The van der Waals surface area contributed by atoms with Crippen molar-refractivity contribution in [2.24, 2.45) is 5.92 Å². The molecule has 6 nitrogen and oxygen atoms in total. The summed E-state index contributed by atoms with van der Waals surface area (Å²) in [5.41, 5.74) is 0.137. The smallest absolute Gasteiger partial charge is 0.471 e. The highest BCUT2D eigenvalue weighted by Crippen LogP contribution is 2.34. The third-order valence-corrected chi connectivity index (χ3v) is 4.20. The second-order valence-electron chi connectivity index (χ2n) is 6.64. The molecule has 0 spiro atoms. The van der Waals surface area contributed by atoms with E-state index >= 15 is 0 Å². The SMILES string of the molecule is CC(C)C(=O)N1Cc2c(F)cc(-c3noc(C(F)(F)F)n3)cc2OC[C@@H]1C. The maximum absolute atomic E-state index is 14.7. The molecule has 1 aromatic heterocycles. The number of alkyl halides is 3. The minimum Gasteiger partial charge on any atom is -0.491 e. The zero-order valence-corrected chi connectivity index (χ0v) is 14.8. The van der Waals surface area contributed by atoms with Gasteiger partial charge >= 0.3 is 12.1 Å². The molecule has 1 atom stereocenters. The van der Waals surface area contributed by atoms with Gasteiger partial charge < -0.3 is 14.2 Å². The molecule has 1 aliphatic rings. The number of hydrogen-bond donors (Lipinski definition) is 0. The van der Waals surface area contributed by atoms with E-state index in [-0.39, 0.29) is 47.9 Å². The van der Waals surface area contributed by atoms with Crippen LogP contribution in [0.5, 0.6) is 5.75 Å². The number of benzene rings is 1. The van der Waals surface area contributed by atoms with Gasteiger partial charge in [0.05, 0.1) is 12.6 Å². The summed E-state index contributed by atoms with van der Waals surface area (Å²) in [6, 6.07) is 2.05. The van der Waals surface area contributed by atoms with Crippen LogP contribution in [-0.2, 0) is 17.5 Å². The van der Waals surface area contributed by atoms with Crippen LogP contribution >= 0.6 is 0 Å². The highest BCUT2D eigenvalue weighted by molar-refractivity contribution is 5.78. The molecule has 2 aromatic rings. The Kier molecular flexibility index (Phi) is 4.83. The van der Waals surface area contributed by atoms with E-state index in [1.807, 2.05) is 0 Å². The molecule has 0 N–H and O–H groups in total. The molecule has 0 radical (unpaired) electrons. The van der Waals surface area contributed by atoms with Crippen molar-refractivity contribution in [1.82, 2.24) is 15.0 Å². The van der Waals surface area contributed by atoms with Crippen LogP contribution in [0.15, 0.2) is 16.7 Å². The Hall–Kier alpha value is -2.65. The molecular formula is C17H17F4N3O3. The number of carbonyl (C=O) groups is 1. The fourth-order valence-corrected chi connectivity index (χ4v) is 2.73. The Morgan fingerprint density at radius 3 is 2.63 bits per heavy atom. The molecular weight excluding hydrogens is 370 g/mol. The lowest BCUT2D eigenvalue weighted by Crippen LogP contribution is -2.42. The van der Waals surface area contributed by atoms with Crippen molar-refractivity contribution >= 4 is 5.91 Å². The lowest BCUT2D eigenvalue weighted by Gasteiger charge is -2.28. The maximum atomic E-state index is 14.7. The number of hydrogen-bond acceptors (Lipinski definition) is 5. The van der Waals surface area contributed by atoms with Gasteiger partial charge in [0.15, 0.2) is 0 Å². The van der Waals surface area contributed by atoms with E-state index in [4.69, 9.17) is 4.74 Å². The third kappa shape index (κ3) is 3.74. The summed E-state index contributed by atoms with van der Waals surface area (Å²) in [7, 11) is 0. The zero-order chi connectivity index (χ0) is 19.9. The predicted molar refractivity (Wildman–Crippen MR) is 85.0 cm³/mol. The summed E-state index contributed by atoms with van der Waals surface area (Å²) in [5, 5.41) is 3.25. The highest BCUT2D eigenvalue weighted by atomic mass is 19.4. The molecule has 1 amide bonds. The highest BCUT2D eigenvalue weighted by Gasteiger charge is 2.38. The molecule has 1 aliphatic heterocycles. The van der Waals surface area contributed by atoms with Gasteiger partial charge in [0.2, 0.25) is 11.7 Å². The minimum absolute atomic E-state index is 0.000326. The normalized spacial score (nSPS) is 17.5. The maximum Gasteiger partial charge on any atom is 0.471 e. The molecule has 0 unspecified atom stereocenters. The predicted octanol–water partition coefficient (Wildman–Crippen LogP) is 3.66. The number of amides is 1. The van der Waals surface area contributed by atoms with Crippen molar-refractivity contribution in [2.75, 3.05) is 6.61 Å². The van der Waals surface area contributed by atoms with Crippen molar-refractivity contribution in [3.8, 4) is 17.1 Å². The molecule has 27 heavy (non-hydrogen) atoms. The van der Waals surface area contributed by atoms with Crippen LogP contribution < -0.4 is 4.74 Å². The fourth-order valence-electron chi connectivity index (χ4n) is 2.73. The van der Waals surface area contributed by atoms with Gasteiger partial charge in [0.1, 0.15) is 18.2 Å². The summed E-state index contributed by atoms with van der Waals surface area (Å²) in [6.07, 6.45) is -4.79. The number of aromatic nitrogens is 2. The first-order valence-corrected chi connectivity index (χ1v) is 8.25. The van der Waals surface area contributed by atoms with Crippen LogP contribution in [0.4, 0.5) is 17.6 Å². The standard InChI is InChI=1S/C17H17F4N3O3/c1-8(2)15(25)24-6-11-12(18)4-10(5-13(11)26-7-9(24)3)14-22-16(27-23-14)17(19,20)21/h4-5,8-9H,6-7H2,1-3H3/t9-/m0/s1. The van der Waals surface area contributed by atoms with E-state index in [1.54, 1.807) is 20.8 Å². The monoisotopic (exact) mass is 387 g/mol. The molecule has 2 heterocycles. The zero-order valence-electron chi connectivity index (χ0n) is 14.8. The van der Waals surface area contributed by atoms with Crippen LogP contribution in [-0.4, -0.2) is 33.6 Å². The quantitative estimate of drug-likeness (QED) is 0.736. The first kappa shape index (κ1) is 19.1. The van der Waals surface area contributed by atoms with E-state index in [1.165, 1.54) is 11.0 Å². The summed E-state index contributed by atoms with van der Waals surface area (Å²) in [6.45, 7) is 5.39. The van der Waals surface area contributed by atoms with E-state index in [2.05, 4.69) is 14.7 Å². The minimum atomic E-state index is -4.79. The van der Waals surface area contributed by atoms with E-state index in [0.717, 1.165) is 6.07 Å². The van der Waals surface area contributed by atoms with Gasteiger partial charge in [0, 0.05) is 17.0 Å². The second-order valence-corrected chi connectivity index (χ2v) is 6.64. The molecule has 0 aliphatic carbocycles. The summed E-state index contributed by atoms with van der Waals surface area (Å²) in [5.74, 6) is -2.92. The van der Waals surface area contributed by atoms with Gasteiger partial charge in [-0.1, -0.05) is 19.0 Å². The summed E-state index contributed by atoms with van der Waals surface area (Å²) in [4.78, 5) is 17.2. The van der Waals surface area contributed by atoms with E-state index in [9.17, 15) is 22.4 Å². The Labute approximate surface area is 152 Å². The van der Waals surface area contributed by atoms with Gasteiger partial charge in [-0.3, -0.25) is 4.79 Å². The Morgan fingerprint density at radius 2 is 2.04 bits per heavy atom. The van der Waals surface area contributed by atoms with Crippen LogP contribution in [0, 0.1) is 11.7 Å². The molecule has 0 saturated heterocycles. The van der Waals surface area contributed by atoms with Crippen LogP contribution in [0.3, 0.4) is 0 Å². The topological polar surface area (TPSA) is 68.5 Å². The van der Waals surface area contributed by atoms with Gasteiger partial charge in [0.25, 0.3) is 0 Å². The molecule has 0 fully saturated rings. The van der Waals surface area contributed by atoms with Gasteiger partial charge in [-0.05, 0) is 19.1 Å². The average Bonchev–Trinajstić information content (AvgIpc) is 3.02. The number of nitrogens with zero attached hydrogens (tertiary/aromatic N) is 3. The number of fused-ring (bicyclic) bond motifs is 1. The summed E-state index contributed by atoms with van der Waals surface area (Å²) >= 11 is 0. The molecule has 0 bridgehead atoms. The fraction of sp³-hybridized carbons (Fsp3) is 0.471. The Balaban J connectivity index is 1.97. The van der Waals surface area contributed by atoms with Crippen molar-refractivity contribution in [1.29, 1.82) is 0 Å². The lowest BCUT2D eigenvalue weighted by molar-refractivity contribution is -0.159. The summed E-state index contributed by atoms with van der Waals surface area (Å²) < 4.78 is 62.3. The van der Waals surface area contributed by atoms with Crippen LogP contribution in [0.25, 0.3) is 11.4 Å². The average molecular weight is 387 g/mol. The molecule has 0 saturated carbocycles. The van der Waals surface area contributed by atoms with Crippen molar-refractivity contribution < 1.29 is 31.6 Å². The molecule has 3 rings (SSSR count). The van der Waals surface area contributed by atoms with Gasteiger partial charge in [-0.2, -0.15) is 18.2 Å². The van der Waals surface area contributed by atoms with Crippen LogP contribution in [0.2, 0.25) is 0 Å². The number of ether oxygens (including phenoxy) is 1. The third-order valence-electron chi connectivity index (χ3n) is 4.20. The van der Waals surface area contributed by atoms with Gasteiger partial charge in [-0.25, -0.2) is 4.39 Å². The lowest BCUT2D eigenvalue weighted by atomic mass is 10.1. The van der Waals surface area contributed by atoms with Gasteiger partial charge in [-0.15, -0.1) is 0 Å². The Morgan fingerprint density at radius 1 is 1.33 bits per heavy atom. The molecule has 10 heteroatoms. The van der Waals surface area contributed by atoms with Crippen molar-refractivity contribution in [3.05, 3.63) is 29.4 Å². The second kappa shape index (κ2) is 6.82. The van der Waals surface area contributed by atoms with Crippen molar-refractivity contribution in [2.45, 2.75) is 39.5 Å². The Bertz CT molecular complexity index is 864. The largest absolute Gasteiger partial charge is 0.491 e. The first-order valence-electron chi connectivity index (χ1n) is 8.25. The van der Waals surface area contributed by atoms with Crippen LogP contribution in [0.1, 0.15) is 32.2 Å². The first-order chi connectivity index (χ1) is 12.6.